The maximum Gasteiger partial charge on any atom is 0.420 e. The highest BCUT2D eigenvalue weighted by molar-refractivity contribution is 14.1. The molecule has 1 aromatic heterocycles. The third-order valence-corrected chi connectivity index (χ3v) is 4.52. The second-order valence-electron chi connectivity index (χ2n) is 4.28. The van der Waals surface area contributed by atoms with E-state index in [1.165, 1.54) is 0 Å². The number of hydrogen-bond acceptors (Lipinski definition) is 2. The molecule has 0 aliphatic carbocycles. The van der Waals surface area contributed by atoms with Gasteiger partial charge in [-0.25, -0.2) is 4.79 Å². The molecule has 1 heterocycles. The number of hydrogen-bond donors (Lipinski definition) is 0. The molecule has 3 rings (SSSR count). The maximum atomic E-state index is 12.0. The van der Waals surface area contributed by atoms with Gasteiger partial charge in [0.25, 0.3) is 0 Å². The molecule has 102 valence electrons. The van der Waals surface area contributed by atoms with Crippen LogP contribution >= 0.6 is 45.8 Å². The topological polar surface area (TPSA) is 35.1 Å². The molecule has 0 atom stereocenters. The van der Waals surface area contributed by atoms with Gasteiger partial charge < -0.3 is 4.42 Å². The van der Waals surface area contributed by atoms with Crippen LogP contribution in [0.4, 0.5) is 0 Å². The molecule has 0 N–H and O–H groups in total. The number of halogens is 3. The summed E-state index contributed by atoms with van der Waals surface area (Å²) in [7, 11) is 0. The van der Waals surface area contributed by atoms with Crippen molar-refractivity contribution in [3.63, 3.8) is 0 Å². The van der Waals surface area contributed by atoms with Gasteiger partial charge in [0.1, 0.15) is 0 Å². The van der Waals surface area contributed by atoms with Crippen LogP contribution in [0.5, 0.6) is 0 Å². The smallest absolute Gasteiger partial charge is 0.408 e. The molecule has 0 unspecified atom stereocenters. The summed E-state index contributed by atoms with van der Waals surface area (Å²) in [6.07, 6.45) is 0. The Bertz CT molecular complexity index is 854. The van der Waals surface area contributed by atoms with Crippen molar-refractivity contribution >= 4 is 56.9 Å². The van der Waals surface area contributed by atoms with Gasteiger partial charge in [0.2, 0.25) is 0 Å². The lowest BCUT2D eigenvalue weighted by atomic mass is 10.2. The van der Waals surface area contributed by atoms with Crippen LogP contribution < -0.4 is 5.76 Å². The normalized spacial score (nSPS) is 11.2. The summed E-state index contributed by atoms with van der Waals surface area (Å²) in [5.74, 6) is -0.405. The zero-order valence-corrected chi connectivity index (χ0v) is 13.7. The molecule has 0 amide bonds. The van der Waals surface area contributed by atoms with Crippen molar-refractivity contribution in [2.75, 3.05) is 0 Å². The number of fused-ring (bicyclic) bond motifs is 1. The predicted molar refractivity (Wildman–Crippen MR) is 88.8 cm³/mol. The minimum Gasteiger partial charge on any atom is -0.408 e. The predicted octanol–water partition coefficient (Wildman–Crippen LogP) is 4.55. The van der Waals surface area contributed by atoms with Crippen LogP contribution in [0.15, 0.2) is 45.6 Å². The van der Waals surface area contributed by atoms with Crippen molar-refractivity contribution in [3.05, 3.63) is 66.1 Å². The number of nitrogens with zero attached hydrogens (tertiary/aromatic N) is 1. The van der Waals surface area contributed by atoms with Gasteiger partial charge in [0.15, 0.2) is 5.58 Å². The quantitative estimate of drug-likeness (QED) is 0.571. The van der Waals surface area contributed by atoms with Crippen LogP contribution in [-0.2, 0) is 6.54 Å². The van der Waals surface area contributed by atoms with Gasteiger partial charge in [-0.3, -0.25) is 4.57 Å². The molecular weight excluding hydrogens is 412 g/mol. The van der Waals surface area contributed by atoms with E-state index in [9.17, 15) is 4.79 Å². The number of benzene rings is 2. The Kier molecular flexibility index (Phi) is 3.79. The minimum atomic E-state index is -0.405. The zero-order chi connectivity index (χ0) is 14.3. The Balaban J connectivity index is 2.15. The van der Waals surface area contributed by atoms with Gasteiger partial charge in [-0.1, -0.05) is 35.3 Å². The Morgan fingerprint density at radius 1 is 1.20 bits per heavy atom. The summed E-state index contributed by atoms with van der Waals surface area (Å²) >= 11 is 14.4. The Labute approximate surface area is 138 Å². The summed E-state index contributed by atoms with van der Waals surface area (Å²) < 4.78 is 7.80. The highest BCUT2D eigenvalue weighted by atomic mass is 127. The molecule has 0 saturated heterocycles. The van der Waals surface area contributed by atoms with Crippen LogP contribution in [0.25, 0.3) is 11.1 Å². The second kappa shape index (κ2) is 5.42. The third kappa shape index (κ3) is 2.47. The third-order valence-electron chi connectivity index (χ3n) is 2.99. The van der Waals surface area contributed by atoms with Crippen molar-refractivity contribution in [2.24, 2.45) is 0 Å². The number of oxazole rings is 1. The Morgan fingerprint density at radius 3 is 2.80 bits per heavy atom. The van der Waals surface area contributed by atoms with Gasteiger partial charge in [-0.2, -0.15) is 0 Å². The SMILES string of the molecule is O=c1oc2ccc(I)cc2n1Cc1cccc(Cl)c1Cl. The van der Waals surface area contributed by atoms with E-state index >= 15 is 0 Å². The summed E-state index contributed by atoms with van der Waals surface area (Å²) in [6, 6.07) is 10.9. The van der Waals surface area contributed by atoms with Crippen molar-refractivity contribution in [2.45, 2.75) is 6.54 Å². The van der Waals surface area contributed by atoms with Crippen molar-refractivity contribution in [1.29, 1.82) is 0 Å². The van der Waals surface area contributed by atoms with Gasteiger partial charge >= 0.3 is 5.76 Å². The molecule has 0 spiro atoms. The first-order valence-corrected chi connectivity index (χ1v) is 7.61. The molecule has 6 heteroatoms. The molecule has 0 bridgehead atoms. The van der Waals surface area contributed by atoms with Crippen LogP contribution in [0.2, 0.25) is 10.0 Å². The van der Waals surface area contributed by atoms with E-state index in [0.717, 1.165) is 14.7 Å². The Morgan fingerprint density at radius 2 is 2.00 bits per heavy atom. The van der Waals surface area contributed by atoms with Crippen molar-refractivity contribution in [3.8, 4) is 0 Å². The fourth-order valence-electron chi connectivity index (χ4n) is 2.03. The molecule has 0 saturated carbocycles. The fourth-order valence-corrected chi connectivity index (χ4v) is 2.88. The standard InChI is InChI=1S/C14H8Cl2INO2/c15-10-3-1-2-8(13(10)16)7-18-11-6-9(17)4-5-12(11)20-14(18)19/h1-6H,7H2. The lowest BCUT2D eigenvalue weighted by molar-refractivity contribution is 0.518. The maximum absolute atomic E-state index is 12.0. The molecule has 3 nitrogen and oxygen atoms in total. The first-order chi connectivity index (χ1) is 9.56. The van der Waals surface area contributed by atoms with Crippen LogP contribution in [0.1, 0.15) is 5.56 Å². The lowest BCUT2D eigenvalue weighted by Crippen LogP contribution is -2.15. The van der Waals surface area contributed by atoms with E-state index < -0.39 is 5.76 Å². The number of aromatic nitrogens is 1. The van der Waals surface area contributed by atoms with Crippen molar-refractivity contribution < 1.29 is 4.42 Å². The van der Waals surface area contributed by atoms with E-state index in [2.05, 4.69) is 22.6 Å². The highest BCUT2D eigenvalue weighted by Crippen LogP contribution is 2.27. The second-order valence-corrected chi connectivity index (χ2v) is 6.31. The van der Waals surface area contributed by atoms with Gasteiger partial charge in [-0.15, -0.1) is 0 Å². The summed E-state index contributed by atoms with van der Waals surface area (Å²) in [6.45, 7) is 0.325. The highest BCUT2D eigenvalue weighted by Gasteiger charge is 2.12. The minimum absolute atomic E-state index is 0.325. The first kappa shape index (κ1) is 14.0. The van der Waals surface area contributed by atoms with Crippen molar-refractivity contribution in [1.82, 2.24) is 4.57 Å². The van der Waals surface area contributed by atoms with E-state index in [4.69, 9.17) is 27.6 Å². The van der Waals surface area contributed by atoms with Gasteiger partial charge in [0.05, 0.1) is 22.1 Å². The fraction of sp³-hybridized carbons (Fsp3) is 0.0714. The molecule has 3 aromatic rings. The zero-order valence-electron chi connectivity index (χ0n) is 10.1. The molecule has 0 aliphatic rings. The van der Waals surface area contributed by atoms with E-state index in [1.807, 2.05) is 18.2 Å². The van der Waals surface area contributed by atoms with E-state index in [1.54, 1.807) is 22.8 Å². The Hall–Kier alpha value is -0.980. The van der Waals surface area contributed by atoms with Crippen LogP contribution in [0.3, 0.4) is 0 Å². The molecule has 0 radical (unpaired) electrons. The first-order valence-electron chi connectivity index (χ1n) is 5.78. The van der Waals surface area contributed by atoms with Gasteiger partial charge in [0, 0.05) is 3.57 Å². The van der Waals surface area contributed by atoms with E-state index in [-0.39, 0.29) is 0 Å². The van der Waals surface area contributed by atoms with E-state index in [0.29, 0.717) is 22.2 Å². The summed E-state index contributed by atoms with van der Waals surface area (Å²) in [5.41, 5.74) is 2.09. The molecule has 0 fully saturated rings. The molecular formula is C14H8Cl2INO2. The number of rotatable bonds is 2. The average molecular weight is 420 g/mol. The molecule has 20 heavy (non-hydrogen) atoms. The summed E-state index contributed by atoms with van der Waals surface area (Å²) in [5, 5.41) is 0.931. The monoisotopic (exact) mass is 419 g/mol. The average Bonchev–Trinajstić information content (AvgIpc) is 2.71. The van der Waals surface area contributed by atoms with Crippen LogP contribution in [0, 0.1) is 3.57 Å². The lowest BCUT2D eigenvalue weighted by Gasteiger charge is -2.06. The molecule has 0 aliphatic heterocycles. The molecule has 2 aromatic carbocycles. The largest absolute Gasteiger partial charge is 0.420 e. The van der Waals surface area contributed by atoms with Gasteiger partial charge in [-0.05, 0) is 52.4 Å². The van der Waals surface area contributed by atoms with Crippen LogP contribution in [-0.4, -0.2) is 4.57 Å². The summed E-state index contributed by atoms with van der Waals surface area (Å²) in [4.78, 5) is 12.0.